The van der Waals surface area contributed by atoms with Crippen molar-refractivity contribution in [1.82, 2.24) is 5.32 Å². The standard InChI is InChI=1S/C19H23NO6/c1-9(2)16(18(22)23)20-17(21)12(5)25-13-6-7-14-10(3)11(4)19(24)26-15(14)8-13/h6-9,12,16H,1-5H3,(H,20,21)(H,22,23)/t12-,16+/m1/s1. The van der Waals surface area contributed by atoms with Gasteiger partial charge in [-0.3, -0.25) is 4.79 Å². The highest BCUT2D eigenvalue weighted by Crippen LogP contribution is 2.24. The van der Waals surface area contributed by atoms with E-state index in [-0.39, 0.29) is 5.92 Å². The number of benzene rings is 1. The Kier molecular flexibility index (Phi) is 5.69. The zero-order valence-electron chi connectivity index (χ0n) is 15.5. The van der Waals surface area contributed by atoms with Crippen LogP contribution in [0.3, 0.4) is 0 Å². The maximum absolute atomic E-state index is 12.2. The molecule has 7 heteroatoms. The Morgan fingerprint density at radius 3 is 2.38 bits per heavy atom. The molecular formula is C19H23NO6. The molecule has 0 saturated heterocycles. The van der Waals surface area contributed by atoms with Crippen molar-refractivity contribution in [2.75, 3.05) is 0 Å². The number of amides is 1. The molecule has 0 radical (unpaired) electrons. The number of carbonyl (C=O) groups excluding carboxylic acids is 1. The van der Waals surface area contributed by atoms with E-state index < -0.39 is 29.6 Å². The lowest BCUT2D eigenvalue weighted by Gasteiger charge is -2.21. The summed E-state index contributed by atoms with van der Waals surface area (Å²) in [6, 6.07) is 3.99. The Hall–Kier alpha value is -2.83. The number of carboxylic acid groups (broad SMARTS) is 1. The van der Waals surface area contributed by atoms with Crippen LogP contribution in [-0.2, 0) is 9.59 Å². The second-order valence-electron chi connectivity index (χ2n) is 6.63. The fourth-order valence-electron chi connectivity index (χ4n) is 2.54. The number of ether oxygens (including phenoxy) is 1. The number of carbonyl (C=O) groups is 2. The normalized spacial score (nSPS) is 13.5. The monoisotopic (exact) mass is 361 g/mol. The summed E-state index contributed by atoms with van der Waals surface area (Å²) in [5.74, 6) is -1.54. The van der Waals surface area contributed by atoms with E-state index in [9.17, 15) is 14.4 Å². The molecule has 2 rings (SSSR count). The van der Waals surface area contributed by atoms with Crippen molar-refractivity contribution in [2.24, 2.45) is 5.92 Å². The SMILES string of the molecule is Cc1c(C)c2ccc(O[C@H](C)C(=O)N[C@H](C(=O)O)C(C)C)cc2oc1=O. The van der Waals surface area contributed by atoms with Crippen molar-refractivity contribution in [1.29, 1.82) is 0 Å². The molecule has 140 valence electrons. The van der Waals surface area contributed by atoms with Crippen LogP contribution in [-0.4, -0.2) is 29.1 Å². The topological polar surface area (TPSA) is 106 Å². The van der Waals surface area contributed by atoms with Crippen LogP contribution in [0.1, 0.15) is 31.9 Å². The van der Waals surface area contributed by atoms with E-state index in [0.717, 1.165) is 10.9 Å². The number of rotatable bonds is 6. The molecule has 26 heavy (non-hydrogen) atoms. The highest BCUT2D eigenvalue weighted by molar-refractivity contribution is 5.87. The molecule has 1 heterocycles. The number of hydrogen-bond donors (Lipinski definition) is 2. The van der Waals surface area contributed by atoms with E-state index in [1.54, 1.807) is 39.0 Å². The molecule has 0 bridgehead atoms. The summed E-state index contributed by atoms with van der Waals surface area (Å²) in [6.07, 6.45) is -0.911. The number of fused-ring (bicyclic) bond motifs is 1. The third-order valence-corrected chi connectivity index (χ3v) is 4.34. The minimum Gasteiger partial charge on any atom is -0.481 e. The fraction of sp³-hybridized carbons (Fsp3) is 0.421. The van der Waals surface area contributed by atoms with Gasteiger partial charge in [0.2, 0.25) is 0 Å². The first-order valence-electron chi connectivity index (χ1n) is 8.35. The van der Waals surface area contributed by atoms with Crippen molar-refractivity contribution in [2.45, 2.75) is 46.8 Å². The van der Waals surface area contributed by atoms with Crippen molar-refractivity contribution < 1.29 is 23.8 Å². The first-order chi connectivity index (χ1) is 12.1. The summed E-state index contributed by atoms with van der Waals surface area (Å²) in [5, 5.41) is 12.4. The highest BCUT2D eigenvalue weighted by Gasteiger charge is 2.26. The minimum atomic E-state index is -1.10. The number of aryl methyl sites for hydroxylation is 1. The third kappa shape index (κ3) is 4.04. The zero-order valence-corrected chi connectivity index (χ0v) is 15.5. The third-order valence-electron chi connectivity index (χ3n) is 4.34. The lowest BCUT2D eigenvalue weighted by Crippen LogP contribution is -2.48. The van der Waals surface area contributed by atoms with E-state index >= 15 is 0 Å². The molecule has 0 unspecified atom stereocenters. The highest BCUT2D eigenvalue weighted by atomic mass is 16.5. The van der Waals surface area contributed by atoms with Crippen LogP contribution in [0.2, 0.25) is 0 Å². The van der Waals surface area contributed by atoms with Gasteiger partial charge in [-0.25, -0.2) is 9.59 Å². The molecule has 1 amide bonds. The molecule has 1 aromatic carbocycles. The first-order valence-corrected chi connectivity index (χ1v) is 8.35. The Morgan fingerprint density at radius 1 is 1.15 bits per heavy atom. The lowest BCUT2D eigenvalue weighted by atomic mass is 10.0. The van der Waals surface area contributed by atoms with Gasteiger partial charge in [-0.05, 0) is 44.4 Å². The van der Waals surface area contributed by atoms with Crippen LogP contribution in [0.4, 0.5) is 0 Å². The maximum Gasteiger partial charge on any atom is 0.339 e. The molecule has 2 atom stereocenters. The molecule has 2 N–H and O–H groups in total. The van der Waals surface area contributed by atoms with Crippen LogP contribution in [0, 0.1) is 19.8 Å². The van der Waals surface area contributed by atoms with Crippen LogP contribution >= 0.6 is 0 Å². The molecule has 0 fully saturated rings. The van der Waals surface area contributed by atoms with Gasteiger partial charge in [-0.15, -0.1) is 0 Å². The Bertz CT molecular complexity index is 899. The number of carboxylic acids is 1. The predicted octanol–water partition coefficient (Wildman–Crippen LogP) is 2.40. The van der Waals surface area contributed by atoms with E-state index in [4.69, 9.17) is 14.3 Å². The van der Waals surface area contributed by atoms with Gasteiger partial charge >= 0.3 is 11.6 Å². The maximum atomic E-state index is 12.2. The van der Waals surface area contributed by atoms with Gasteiger partial charge in [-0.1, -0.05) is 13.8 Å². The van der Waals surface area contributed by atoms with Crippen molar-refractivity contribution >= 4 is 22.8 Å². The van der Waals surface area contributed by atoms with E-state index in [2.05, 4.69) is 5.32 Å². The van der Waals surface area contributed by atoms with Gasteiger partial charge in [-0.2, -0.15) is 0 Å². The Labute approximate surface area is 151 Å². The van der Waals surface area contributed by atoms with Crippen molar-refractivity contribution in [3.63, 3.8) is 0 Å². The summed E-state index contributed by atoms with van der Waals surface area (Å²) < 4.78 is 10.9. The van der Waals surface area contributed by atoms with Crippen LogP contribution in [0.5, 0.6) is 5.75 Å². The minimum absolute atomic E-state index is 0.259. The smallest absolute Gasteiger partial charge is 0.339 e. The second-order valence-corrected chi connectivity index (χ2v) is 6.63. The Balaban J connectivity index is 2.19. The van der Waals surface area contributed by atoms with Crippen molar-refractivity contribution in [3.05, 3.63) is 39.7 Å². The van der Waals surface area contributed by atoms with Gasteiger partial charge in [0.05, 0.1) is 0 Å². The second kappa shape index (κ2) is 7.59. The molecule has 7 nitrogen and oxygen atoms in total. The summed E-state index contributed by atoms with van der Waals surface area (Å²) in [6.45, 7) is 8.48. The van der Waals surface area contributed by atoms with E-state index in [1.807, 2.05) is 6.92 Å². The first kappa shape index (κ1) is 19.5. The van der Waals surface area contributed by atoms with Gasteiger partial charge in [0.1, 0.15) is 17.4 Å². The average molecular weight is 361 g/mol. The summed E-state index contributed by atoms with van der Waals surface area (Å²) in [5.41, 5.74) is 1.33. The summed E-state index contributed by atoms with van der Waals surface area (Å²) in [4.78, 5) is 35.2. The summed E-state index contributed by atoms with van der Waals surface area (Å²) >= 11 is 0. The van der Waals surface area contributed by atoms with E-state index in [0.29, 0.717) is 16.9 Å². The average Bonchev–Trinajstić information content (AvgIpc) is 2.56. The van der Waals surface area contributed by atoms with Crippen LogP contribution in [0.15, 0.2) is 27.4 Å². The molecular weight excluding hydrogens is 338 g/mol. The molecule has 0 aliphatic heterocycles. The van der Waals surface area contributed by atoms with Crippen molar-refractivity contribution in [3.8, 4) is 5.75 Å². The molecule has 1 aromatic heterocycles. The molecule has 2 aromatic rings. The van der Waals surface area contributed by atoms with Crippen LogP contribution in [0.25, 0.3) is 11.0 Å². The van der Waals surface area contributed by atoms with E-state index in [1.165, 1.54) is 6.92 Å². The number of nitrogens with one attached hydrogen (secondary N) is 1. The lowest BCUT2D eigenvalue weighted by molar-refractivity contribution is -0.144. The number of hydrogen-bond acceptors (Lipinski definition) is 5. The molecule has 0 aliphatic rings. The zero-order chi connectivity index (χ0) is 19.6. The van der Waals surface area contributed by atoms with Gasteiger partial charge in [0.15, 0.2) is 6.10 Å². The Morgan fingerprint density at radius 2 is 1.81 bits per heavy atom. The van der Waals surface area contributed by atoms with Gasteiger partial charge in [0, 0.05) is 17.0 Å². The van der Waals surface area contributed by atoms with Gasteiger partial charge in [0.25, 0.3) is 5.91 Å². The molecule has 0 spiro atoms. The quantitative estimate of drug-likeness (QED) is 0.766. The fourth-order valence-corrected chi connectivity index (χ4v) is 2.54. The van der Waals surface area contributed by atoms with Gasteiger partial charge < -0.3 is 19.6 Å². The predicted molar refractivity (Wildman–Crippen MR) is 96.5 cm³/mol. The molecule has 0 aliphatic carbocycles. The largest absolute Gasteiger partial charge is 0.481 e. The van der Waals surface area contributed by atoms with Crippen LogP contribution < -0.4 is 15.7 Å². The number of aliphatic carboxylic acids is 1. The molecule has 0 saturated carbocycles. The summed E-state index contributed by atoms with van der Waals surface area (Å²) in [7, 11) is 0.